The summed E-state index contributed by atoms with van der Waals surface area (Å²) in [6, 6.07) is 11.2. The van der Waals surface area contributed by atoms with Gasteiger partial charge in [-0.1, -0.05) is 6.07 Å². The van der Waals surface area contributed by atoms with E-state index in [9.17, 15) is 0 Å². The summed E-state index contributed by atoms with van der Waals surface area (Å²) in [6.07, 6.45) is 8.68. The lowest BCUT2D eigenvalue weighted by molar-refractivity contribution is 0.102. The minimum Gasteiger partial charge on any atom is -0.490 e. The highest BCUT2D eigenvalue weighted by atomic mass is 16.5. The van der Waals surface area contributed by atoms with Crippen LogP contribution in [-0.2, 0) is 18.2 Å². The number of fused-ring (bicyclic) bond motifs is 1. The molecular formula is C23H30N4O2. The van der Waals surface area contributed by atoms with E-state index < -0.39 is 0 Å². The minimum atomic E-state index is 0.298. The topological polar surface area (TPSA) is 44.5 Å². The van der Waals surface area contributed by atoms with E-state index in [-0.39, 0.29) is 0 Å². The molecule has 0 radical (unpaired) electrons. The standard InChI is InChI=1S/C23H30N4O2/c1-25-18(5-11-24-25)6-12-26-13-7-20(8-14-26)29-23-4-2-3-22-21(23)9-15-27(22)19-10-16-28-17-19/h2-5,9,11,15,19-20H,6-8,10,12-14,16-17H2,1H3. The van der Waals surface area contributed by atoms with Gasteiger partial charge in [-0.25, -0.2) is 0 Å². The van der Waals surface area contributed by atoms with Gasteiger partial charge in [-0.05, 0) is 43.5 Å². The average Bonchev–Trinajstić information content (AvgIpc) is 3.48. The van der Waals surface area contributed by atoms with Crippen molar-refractivity contribution in [1.82, 2.24) is 19.2 Å². The van der Waals surface area contributed by atoms with Crippen LogP contribution in [0.4, 0.5) is 0 Å². The molecule has 29 heavy (non-hydrogen) atoms. The van der Waals surface area contributed by atoms with E-state index in [1.165, 1.54) is 16.6 Å². The Balaban J connectivity index is 1.19. The van der Waals surface area contributed by atoms with Crippen molar-refractivity contribution in [1.29, 1.82) is 0 Å². The van der Waals surface area contributed by atoms with Gasteiger partial charge in [0.05, 0.1) is 18.2 Å². The molecule has 3 aromatic rings. The van der Waals surface area contributed by atoms with Crippen LogP contribution in [-0.4, -0.2) is 58.2 Å². The predicted molar refractivity (Wildman–Crippen MR) is 113 cm³/mol. The van der Waals surface area contributed by atoms with Crippen LogP contribution in [0.2, 0.25) is 0 Å². The Bertz CT molecular complexity index is 949. The molecular weight excluding hydrogens is 364 g/mol. The molecule has 0 bridgehead atoms. The van der Waals surface area contributed by atoms with Gasteiger partial charge in [-0.15, -0.1) is 0 Å². The third kappa shape index (κ3) is 3.91. The zero-order valence-electron chi connectivity index (χ0n) is 17.2. The molecule has 0 aliphatic carbocycles. The van der Waals surface area contributed by atoms with Crippen LogP contribution in [0.5, 0.6) is 5.75 Å². The average molecular weight is 395 g/mol. The molecule has 2 aliphatic rings. The third-order valence-corrected chi connectivity index (χ3v) is 6.46. The molecule has 4 heterocycles. The van der Waals surface area contributed by atoms with E-state index in [0.717, 1.165) is 64.3 Å². The molecule has 5 rings (SSSR count). The molecule has 0 amide bonds. The van der Waals surface area contributed by atoms with Gasteiger partial charge >= 0.3 is 0 Å². The molecule has 154 valence electrons. The summed E-state index contributed by atoms with van der Waals surface area (Å²) < 4.78 is 16.4. The molecule has 0 N–H and O–H groups in total. The molecule has 6 nitrogen and oxygen atoms in total. The molecule has 1 aromatic carbocycles. The zero-order valence-corrected chi connectivity index (χ0v) is 17.2. The summed E-state index contributed by atoms with van der Waals surface area (Å²) in [6.45, 7) is 4.96. The Hall–Kier alpha value is -2.31. The number of piperidine rings is 1. The van der Waals surface area contributed by atoms with Crippen LogP contribution in [0, 0.1) is 0 Å². The fourth-order valence-electron chi connectivity index (χ4n) is 4.67. The molecule has 0 saturated carbocycles. The molecule has 2 fully saturated rings. The van der Waals surface area contributed by atoms with Gasteiger partial charge in [0, 0.05) is 63.2 Å². The van der Waals surface area contributed by atoms with Crippen LogP contribution in [0.3, 0.4) is 0 Å². The van der Waals surface area contributed by atoms with Gasteiger partial charge < -0.3 is 18.9 Å². The second kappa shape index (κ2) is 8.20. The summed E-state index contributed by atoms with van der Waals surface area (Å²) in [7, 11) is 2.02. The fraction of sp³-hybridized carbons (Fsp3) is 0.522. The Morgan fingerprint density at radius 2 is 2.03 bits per heavy atom. The van der Waals surface area contributed by atoms with Crippen molar-refractivity contribution in [3.8, 4) is 5.75 Å². The highest BCUT2D eigenvalue weighted by molar-refractivity contribution is 5.86. The SMILES string of the molecule is Cn1nccc1CCN1CCC(Oc2cccc3c2ccn3C2CCOC2)CC1. The van der Waals surface area contributed by atoms with Crippen LogP contribution >= 0.6 is 0 Å². The zero-order chi connectivity index (χ0) is 19.6. The number of nitrogens with zero attached hydrogens (tertiary/aromatic N) is 4. The Kier molecular flexibility index (Phi) is 5.29. The van der Waals surface area contributed by atoms with Gasteiger partial charge in [0.15, 0.2) is 0 Å². The summed E-state index contributed by atoms with van der Waals surface area (Å²) in [4.78, 5) is 2.55. The Morgan fingerprint density at radius 1 is 1.14 bits per heavy atom. The largest absolute Gasteiger partial charge is 0.490 e. The maximum absolute atomic E-state index is 6.48. The molecule has 6 heteroatoms. The highest BCUT2D eigenvalue weighted by Crippen LogP contribution is 2.32. The fourth-order valence-corrected chi connectivity index (χ4v) is 4.67. The highest BCUT2D eigenvalue weighted by Gasteiger charge is 2.23. The lowest BCUT2D eigenvalue weighted by atomic mass is 10.1. The first-order valence-electron chi connectivity index (χ1n) is 10.8. The number of ether oxygens (including phenoxy) is 2. The second-order valence-corrected chi connectivity index (χ2v) is 8.28. The molecule has 0 spiro atoms. The molecule has 2 saturated heterocycles. The van der Waals surface area contributed by atoms with Crippen molar-refractivity contribution in [2.75, 3.05) is 32.8 Å². The molecule has 1 atom stereocenters. The van der Waals surface area contributed by atoms with Gasteiger partial charge in [0.1, 0.15) is 11.9 Å². The van der Waals surface area contributed by atoms with E-state index in [0.29, 0.717) is 12.1 Å². The monoisotopic (exact) mass is 394 g/mol. The van der Waals surface area contributed by atoms with Gasteiger partial charge in [-0.3, -0.25) is 4.68 Å². The van der Waals surface area contributed by atoms with Crippen molar-refractivity contribution in [2.45, 2.75) is 37.8 Å². The number of rotatable bonds is 6. The maximum atomic E-state index is 6.48. The smallest absolute Gasteiger partial charge is 0.129 e. The third-order valence-electron chi connectivity index (χ3n) is 6.46. The summed E-state index contributed by atoms with van der Waals surface area (Å²) in [5, 5.41) is 5.48. The van der Waals surface area contributed by atoms with Gasteiger partial charge in [0.25, 0.3) is 0 Å². The van der Waals surface area contributed by atoms with Crippen LogP contribution < -0.4 is 4.74 Å². The maximum Gasteiger partial charge on any atom is 0.129 e. The molecule has 1 unspecified atom stereocenters. The van der Waals surface area contributed by atoms with Crippen molar-refractivity contribution in [3.63, 3.8) is 0 Å². The quantitative estimate of drug-likeness (QED) is 0.643. The second-order valence-electron chi connectivity index (χ2n) is 8.28. The van der Waals surface area contributed by atoms with Crippen molar-refractivity contribution >= 4 is 10.9 Å². The number of aromatic nitrogens is 3. The number of aryl methyl sites for hydroxylation is 1. The van der Waals surface area contributed by atoms with E-state index in [1.54, 1.807) is 0 Å². The Morgan fingerprint density at radius 3 is 2.79 bits per heavy atom. The first kappa shape index (κ1) is 18.7. The minimum absolute atomic E-state index is 0.298. The molecule has 2 aliphatic heterocycles. The number of benzene rings is 1. The molecule has 2 aromatic heterocycles. The predicted octanol–water partition coefficient (Wildman–Crippen LogP) is 3.42. The summed E-state index contributed by atoms with van der Waals surface area (Å²) in [5.74, 6) is 1.02. The van der Waals surface area contributed by atoms with Crippen LogP contribution in [0.25, 0.3) is 10.9 Å². The summed E-state index contributed by atoms with van der Waals surface area (Å²) in [5.41, 5.74) is 2.55. The van der Waals surface area contributed by atoms with Crippen molar-refractivity contribution < 1.29 is 9.47 Å². The Labute approximate surface area is 172 Å². The van der Waals surface area contributed by atoms with Crippen LogP contribution in [0.15, 0.2) is 42.7 Å². The van der Waals surface area contributed by atoms with Crippen molar-refractivity contribution in [3.05, 3.63) is 48.4 Å². The number of hydrogen-bond acceptors (Lipinski definition) is 4. The normalized spacial score (nSPS) is 21.2. The summed E-state index contributed by atoms with van der Waals surface area (Å²) >= 11 is 0. The van der Waals surface area contributed by atoms with Gasteiger partial charge in [-0.2, -0.15) is 5.10 Å². The van der Waals surface area contributed by atoms with Crippen LogP contribution in [0.1, 0.15) is 31.0 Å². The lowest BCUT2D eigenvalue weighted by Gasteiger charge is -2.32. The first-order chi connectivity index (χ1) is 14.3. The number of likely N-dealkylation sites (tertiary alicyclic amines) is 1. The van der Waals surface area contributed by atoms with E-state index in [2.05, 4.69) is 51.1 Å². The number of hydrogen-bond donors (Lipinski definition) is 0. The first-order valence-corrected chi connectivity index (χ1v) is 10.8. The van der Waals surface area contributed by atoms with E-state index in [1.807, 2.05) is 17.9 Å². The van der Waals surface area contributed by atoms with E-state index in [4.69, 9.17) is 9.47 Å². The van der Waals surface area contributed by atoms with E-state index >= 15 is 0 Å². The lowest BCUT2D eigenvalue weighted by Crippen LogP contribution is -2.39. The van der Waals surface area contributed by atoms with Crippen molar-refractivity contribution in [2.24, 2.45) is 7.05 Å². The van der Waals surface area contributed by atoms with Gasteiger partial charge in [0.2, 0.25) is 0 Å².